The fraction of sp³-hybridized carbons (Fsp3) is 0. The normalized spacial score (nSPS) is 10.9. The summed E-state index contributed by atoms with van der Waals surface area (Å²) in [6.07, 6.45) is 1.90. The third-order valence-electron chi connectivity index (χ3n) is 2.51. The molecule has 0 aliphatic rings. The minimum absolute atomic E-state index is 0.0187. The van der Waals surface area contributed by atoms with Gasteiger partial charge in [0.25, 0.3) is 0 Å². The summed E-state index contributed by atoms with van der Waals surface area (Å²) in [7, 11) is 0. The van der Waals surface area contributed by atoms with Crippen LogP contribution in [0.5, 0.6) is 0 Å². The molecule has 2 aromatic rings. The zero-order chi connectivity index (χ0) is 19.1. The van der Waals surface area contributed by atoms with E-state index in [1.165, 1.54) is 12.1 Å². The molecule has 2 heterocycles. The van der Waals surface area contributed by atoms with Crippen LogP contribution in [0.2, 0.25) is 0 Å². The van der Waals surface area contributed by atoms with Gasteiger partial charge in [0.05, 0.1) is 24.6 Å². The van der Waals surface area contributed by atoms with Crippen LogP contribution in [0.25, 0.3) is 0 Å². The molecule has 0 saturated carbocycles. The first kappa shape index (κ1) is 18.0. The molecular formula is C12H8N6O8. The fourth-order valence-corrected chi connectivity index (χ4v) is 1.43. The topological polar surface area (TPSA) is 195 Å². The van der Waals surface area contributed by atoms with Crippen LogP contribution in [0.15, 0.2) is 43.3 Å². The fourth-order valence-electron chi connectivity index (χ4n) is 1.43. The Balaban J connectivity index is 1.81. The second kappa shape index (κ2) is 7.95. The molecule has 0 aliphatic heterocycles. The minimum Gasteiger partial charge on any atom is -0.400 e. The summed E-state index contributed by atoms with van der Waals surface area (Å²) >= 11 is 0. The van der Waals surface area contributed by atoms with E-state index < -0.39 is 33.4 Å². The van der Waals surface area contributed by atoms with Crippen LogP contribution in [0, 0.1) is 20.2 Å². The molecule has 0 aromatic carbocycles. The number of furan rings is 2. The summed E-state index contributed by atoms with van der Waals surface area (Å²) in [6, 6.07) is 4.65. The summed E-state index contributed by atoms with van der Waals surface area (Å²) in [5.74, 6) is -3.44. The molecule has 0 fully saturated rings. The van der Waals surface area contributed by atoms with Gasteiger partial charge in [0.15, 0.2) is 11.5 Å². The highest BCUT2D eigenvalue weighted by Crippen LogP contribution is 2.14. The van der Waals surface area contributed by atoms with Crippen molar-refractivity contribution in [1.29, 1.82) is 0 Å². The van der Waals surface area contributed by atoms with Crippen molar-refractivity contribution in [3.8, 4) is 0 Å². The predicted molar refractivity (Wildman–Crippen MR) is 82.2 cm³/mol. The number of nitrogens with zero attached hydrogens (tertiary/aromatic N) is 4. The molecule has 26 heavy (non-hydrogen) atoms. The molecule has 0 aliphatic carbocycles. The number of carbonyl (C=O) groups is 2. The van der Waals surface area contributed by atoms with Gasteiger partial charge in [-0.1, -0.05) is 0 Å². The lowest BCUT2D eigenvalue weighted by atomic mass is 10.5. The predicted octanol–water partition coefficient (Wildman–Crippen LogP) is 0.289. The van der Waals surface area contributed by atoms with E-state index in [-0.39, 0.29) is 11.5 Å². The van der Waals surface area contributed by atoms with Gasteiger partial charge in [0.1, 0.15) is 9.85 Å². The van der Waals surface area contributed by atoms with E-state index in [4.69, 9.17) is 8.83 Å². The molecule has 0 atom stereocenters. The lowest BCUT2D eigenvalue weighted by Gasteiger charge is -1.96. The van der Waals surface area contributed by atoms with Crippen molar-refractivity contribution in [3.05, 3.63) is 56.0 Å². The Hall–Kier alpha value is -4.36. The van der Waals surface area contributed by atoms with Crippen LogP contribution in [0.4, 0.5) is 11.8 Å². The molecule has 0 spiro atoms. The first-order valence-electron chi connectivity index (χ1n) is 6.51. The number of amides is 2. The SMILES string of the molecule is O=C(NN=Cc1ccc([N+](=O)[O-])o1)C(=O)NN=Cc1ccc([N+](=O)[O-])o1. The Morgan fingerprint density at radius 3 is 1.54 bits per heavy atom. The van der Waals surface area contributed by atoms with Crippen molar-refractivity contribution in [1.82, 2.24) is 10.9 Å². The Kier molecular flexibility index (Phi) is 5.50. The molecule has 2 amide bonds. The standard InChI is InChI=1S/C12H8N6O8/c19-11(15-13-5-7-1-3-9(25-7)17(21)22)12(20)16-14-6-8-2-4-10(26-8)18(23)24/h1-6H,(H,15,19)(H,16,20). The van der Waals surface area contributed by atoms with Gasteiger partial charge in [0.2, 0.25) is 0 Å². The summed E-state index contributed by atoms with van der Waals surface area (Å²) in [6.45, 7) is 0. The maximum atomic E-state index is 11.4. The maximum Gasteiger partial charge on any atom is 0.433 e. The molecule has 0 saturated heterocycles. The number of nitro groups is 2. The van der Waals surface area contributed by atoms with Crippen LogP contribution < -0.4 is 10.9 Å². The third kappa shape index (κ3) is 4.82. The van der Waals surface area contributed by atoms with E-state index >= 15 is 0 Å². The lowest BCUT2D eigenvalue weighted by molar-refractivity contribution is -0.402. The smallest absolute Gasteiger partial charge is 0.400 e. The van der Waals surface area contributed by atoms with E-state index in [0.717, 1.165) is 24.6 Å². The second-order valence-corrected chi connectivity index (χ2v) is 4.26. The molecule has 0 radical (unpaired) electrons. The Labute approximate surface area is 142 Å². The van der Waals surface area contributed by atoms with Crippen molar-refractivity contribution in [3.63, 3.8) is 0 Å². The van der Waals surface area contributed by atoms with Gasteiger partial charge in [-0.25, -0.2) is 10.9 Å². The van der Waals surface area contributed by atoms with Gasteiger partial charge in [-0.2, -0.15) is 10.2 Å². The third-order valence-corrected chi connectivity index (χ3v) is 2.51. The molecule has 134 valence electrons. The second-order valence-electron chi connectivity index (χ2n) is 4.26. The van der Waals surface area contributed by atoms with E-state index in [1.807, 2.05) is 10.9 Å². The van der Waals surface area contributed by atoms with Crippen LogP contribution >= 0.6 is 0 Å². The Bertz CT molecular complexity index is 836. The van der Waals surface area contributed by atoms with Crippen molar-refractivity contribution in [2.24, 2.45) is 10.2 Å². The minimum atomic E-state index is -1.19. The molecular weight excluding hydrogens is 356 g/mol. The summed E-state index contributed by atoms with van der Waals surface area (Å²) < 4.78 is 9.48. The van der Waals surface area contributed by atoms with Crippen LogP contribution in [0.3, 0.4) is 0 Å². The number of hydrogen-bond acceptors (Lipinski definition) is 10. The Morgan fingerprint density at radius 2 is 1.23 bits per heavy atom. The Morgan fingerprint density at radius 1 is 0.846 bits per heavy atom. The average molecular weight is 364 g/mol. The number of rotatable bonds is 6. The van der Waals surface area contributed by atoms with Gasteiger partial charge in [0, 0.05) is 0 Å². The van der Waals surface area contributed by atoms with E-state index in [2.05, 4.69) is 10.2 Å². The summed E-state index contributed by atoms with van der Waals surface area (Å²) in [5, 5.41) is 27.6. The van der Waals surface area contributed by atoms with E-state index in [0.29, 0.717) is 0 Å². The quantitative estimate of drug-likeness (QED) is 0.315. The molecule has 0 bridgehead atoms. The molecule has 14 heteroatoms. The largest absolute Gasteiger partial charge is 0.433 e. The average Bonchev–Trinajstić information content (AvgIpc) is 3.24. The van der Waals surface area contributed by atoms with Gasteiger partial charge in [-0.15, -0.1) is 0 Å². The first-order valence-corrected chi connectivity index (χ1v) is 6.51. The maximum absolute atomic E-state index is 11.4. The van der Waals surface area contributed by atoms with Crippen molar-refractivity contribution >= 4 is 36.0 Å². The van der Waals surface area contributed by atoms with Crippen LogP contribution in [-0.4, -0.2) is 34.1 Å². The number of carbonyl (C=O) groups excluding carboxylic acids is 2. The van der Waals surface area contributed by atoms with Gasteiger partial charge >= 0.3 is 23.6 Å². The number of hydrogen-bond donors (Lipinski definition) is 2. The van der Waals surface area contributed by atoms with Crippen molar-refractivity contribution in [2.75, 3.05) is 0 Å². The van der Waals surface area contributed by atoms with E-state index in [9.17, 15) is 29.8 Å². The highest BCUT2D eigenvalue weighted by Gasteiger charge is 2.13. The molecule has 14 nitrogen and oxygen atoms in total. The highest BCUT2D eigenvalue weighted by atomic mass is 16.7. The van der Waals surface area contributed by atoms with Gasteiger partial charge in [-0.3, -0.25) is 29.8 Å². The molecule has 2 rings (SSSR count). The zero-order valence-electron chi connectivity index (χ0n) is 12.5. The summed E-state index contributed by atoms with van der Waals surface area (Å²) in [4.78, 5) is 42.2. The monoisotopic (exact) mass is 364 g/mol. The number of hydrazone groups is 2. The van der Waals surface area contributed by atoms with Crippen molar-refractivity contribution < 1.29 is 28.3 Å². The van der Waals surface area contributed by atoms with Crippen LogP contribution in [0.1, 0.15) is 11.5 Å². The number of nitrogens with one attached hydrogen (secondary N) is 2. The lowest BCUT2D eigenvalue weighted by Crippen LogP contribution is -2.35. The molecule has 2 N–H and O–H groups in total. The zero-order valence-corrected chi connectivity index (χ0v) is 12.5. The molecule has 2 aromatic heterocycles. The highest BCUT2D eigenvalue weighted by molar-refractivity contribution is 6.35. The first-order chi connectivity index (χ1) is 12.4. The van der Waals surface area contributed by atoms with E-state index in [1.54, 1.807) is 0 Å². The van der Waals surface area contributed by atoms with Gasteiger partial charge in [-0.05, 0) is 12.1 Å². The summed E-state index contributed by atoms with van der Waals surface area (Å²) in [5.41, 5.74) is 3.68. The van der Waals surface area contributed by atoms with Gasteiger partial charge < -0.3 is 8.83 Å². The molecule has 0 unspecified atom stereocenters. The van der Waals surface area contributed by atoms with Crippen molar-refractivity contribution in [2.45, 2.75) is 0 Å². The van der Waals surface area contributed by atoms with Crippen LogP contribution in [-0.2, 0) is 9.59 Å².